The van der Waals surface area contributed by atoms with Gasteiger partial charge in [0.05, 0.1) is 6.61 Å². The molecule has 4 nitrogen and oxygen atoms in total. The average molecular weight is 147 g/mol. The van der Waals surface area contributed by atoms with E-state index >= 15 is 0 Å². The van der Waals surface area contributed by atoms with Crippen LogP contribution in [0.1, 0.15) is 6.92 Å². The molecule has 4 heteroatoms. The Morgan fingerprint density at radius 3 is 2.40 bits per heavy atom. The number of nitrogens with zero attached hydrogens (tertiary/aromatic N) is 1. The summed E-state index contributed by atoms with van der Waals surface area (Å²) in [6.45, 7) is 2.09. The number of aliphatic hydroxyl groups is 2. The van der Waals surface area contributed by atoms with Gasteiger partial charge < -0.3 is 15.1 Å². The monoisotopic (exact) mass is 147 g/mol. The van der Waals surface area contributed by atoms with E-state index in [9.17, 15) is 4.79 Å². The van der Waals surface area contributed by atoms with Crippen LogP contribution in [0.2, 0.25) is 0 Å². The van der Waals surface area contributed by atoms with Gasteiger partial charge in [-0.2, -0.15) is 0 Å². The molecule has 1 amide bonds. The molecule has 60 valence electrons. The molecule has 0 aromatic rings. The number of likely N-dealkylation sites (N-methyl/N-ethyl adjacent to an activating group) is 1. The van der Waals surface area contributed by atoms with Gasteiger partial charge in [0.15, 0.2) is 0 Å². The average Bonchev–Trinajstić information content (AvgIpc) is 1.99. The fourth-order valence-corrected chi connectivity index (χ4v) is 0.680. The number of aliphatic hydroxyl groups excluding tert-OH is 2. The van der Waals surface area contributed by atoms with Crippen LogP contribution in [0.5, 0.6) is 0 Å². The van der Waals surface area contributed by atoms with Crippen LogP contribution in [-0.4, -0.2) is 47.3 Å². The molecule has 0 aromatic carbocycles. The number of hydrogen-bond acceptors (Lipinski definition) is 3. The summed E-state index contributed by atoms with van der Waals surface area (Å²) in [5.41, 5.74) is 0. The first-order valence-electron chi connectivity index (χ1n) is 3.25. The first-order valence-corrected chi connectivity index (χ1v) is 3.25. The van der Waals surface area contributed by atoms with Crippen molar-refractivity contribution in [2.24, 2.45) is 0 Å². The van der Waals surface area contributed by atoms with E-state index < -0.39 is 6.61 Å². The quantitative estimate of drug-likeness (QED) is 0.526. The fraction of sp³-hybridized carbons (Fsp3) is 0.833. The predicted octanol–water partition coefficient (Wildman–Crippen LogP) is -1.18. The first-order chi connectivity index (χ1) is 4.76. The van der Waals surface area contributed by atoms with Gasteiger partial charge in [-0.3, -0.25) is 4.79 Å². The molecule has 10 heavy (non-hydrogen) atoms. The van der Waals surface area contributed by atoms with Crippen LogP contribution < -0.4 is 0 Å². The van der Waals surface area contributed by atoms with Gasteiger partial charge in [0.2, 0.25) is 5.91 Å². The molecule has 0 saturated heterocycles. The molecule has 0 aliphatic carbocycles. The van der Waals surface area contributed by atoms with Gasteiger partial charge in [0, 0.05) is 13.1 Å². The highest BCUT2D eigenvalue weighted by atomic mass is 16.3. The van der Waals surface area contributed by atoms with E-state index in [0.717, 1.165) is 0 Å². The molecular formula is C6H13NO3. The number of carbonyl (C=O) groups excluding carboxylic acids is 1. The summed E-state index contributed by atoms with van der Waals surface area (Å²) >= 11 is 0. The van der Waals surface area contributed by atoms with Gasteiger partial charge in [-0.15, -0.1) is 0 Å². The van der Waals surface area contributed by atoms with Crippen LogP contribution >= 0.6 is 0 Å². The van der Waals surface area contributed by atoms with E-state index in [1.54, 1.807) is 6.92 Å². The van der Waals surface area contributed by atoms with Gasteiger partial charge in [-0.05, 0) is 6.92 Å². The minimum Gasteiger partial charge on any atom is -0.395 e. The Hall–Kier alpha value is -0.610. The summed E-state index contributed by atoms with van der Waals surface area (Å²) in [6.07, 6.45) is 0. The molecule has 0 aromatic heterocycles. The molecule has 0 spiro atoms. The van der Waals surface area contributed by atoms with Gasteiger partial charge in [-0.1, -0.05) is 0 Å². The Morgan fingerprint density at radius 1 is 1.50 bits per heavy atom. The van der Waals surface area contributed by atoms with Crippen LogP contribution in [0.25, 0.3) is 0 Å². The zero-order valence-electron chi connectivity index (χ0n) is 6.08. The zero-order chi connectivity index (χ0) is 7.98. The maximum atomic E-state index is 10.7. The van der Waals surface area contributed by atoms with Crippen molar-refractivity contribution in [3.8, 4) is 0 Å². The van der Waals surface area contributed by atoms with E-state index in [2.05, 4.69) is 0 Å². The maximum absolute atomic E-state index is 10.7. The van der Waals surface area contributed by atoms with Crippen molar-refractivity contribution in [3.05, 3.63) is 0 Å². The van der Waals surface area contributed by atoms with Crippen molar-refractivity contribution in [1.29, 1.82) is 0 Å². The standard InChI is InChI=1S/C6H13NO3/c1-2-7(3-4-8)6(10)5-9/h8-9H,2-5H2,1H3. The van der Waals surface area contributed by atoms with Crippen LogP contribution in [0, 0.1) is 0 Å². The molecule has 0 bridgehead atoms. The molecule has 0 aliphatic heterocycles. The lowest BCUT2D eigenvalue weighted by atomic mass is 10.4. The van der Waals surface area contributed by atoms with Crippen LogP contribution in [0.3, 0.4) is 0 Å². The maximum Gasteiger partial charge on any atom is 0.248 e. The topological polar surface area (TPSA) is 60.8 Å². The minimum absolute atomic E-state index is 0.0560. The summed E-state index contributed by atoms with van der Waals surface area (Å²) < 4.78 is 0. The second kappa shape index (κ2) is 5.20. The van der Waals surface area contributed by atoms with E-state index in [1.165, 1.54) is 4.90 Å². The summed E-state index contributed by atoms with van der Waals surface area (Å²) in [5, 5.41) is 16.8. The Kier molecular flexibility index (Phi) is 4.88. The van der Waals surface area contributed by atoms with E-state index in [-0.39, 0.29) is 12.5 Å². The largest absolute Gasteiger partial charge is 0.395 e. The van der Waals surface area contributed by atoms with E-state index in [1.807, 2.05) is 0 Å². The van der Waals surface area contributed by atoms with E-state index in [0.29, 0.717) is 13.1 Å². The predicted molar refractivity (Wildman–Crippen MR) is 36.4 cm³/mol. The molecule has 2 N–H and O–H groups in total. The number of amides is 1. The fourth-order valence-electron chi connectivity index (χ4n) is 0.680. The van der Waals surface area contributed by atoms with Crippen molar-refractivity contribution < 1.29 is 15.0 Å². The molecule has 0 saturated carbocycles. The Bertz CT molecular complexity index is 105. The Morgan fingerprint density at radius 2 is 2.10 bits per heavy atom. The number of carbonyl (C=O) groups is 1. The van der Waals surface area contributed by atoms with Gasteiger partial charge in [0.25, 0.3) is 0 Å². The number of hydrogen-bond donors (Lipinski definition) is 2. The van der Waals surface area contributed by atoms with Crippen molar-refractivity contribution in [2.45, 2.75) is 6.92 Å². The minimum atomic E-state index is -0.478. The van der Waals surface area contributed by atoms with Crippen molar-refractivity contribution in [2.75, 3.05) is 26.3 Å². The smallest absolute Gasteiger partial charge is 0.248 e. The normalized spacial score (nSPS) is 9.50. The highest BCUT2D eigenvalue weighted by Gasteiger charge is 2.07. The third-order valence-electron chi connectivity index (χ3n) is 1.24. The van der Waals surface area contributed by atoms with Gasteiger partial charge in [-0.25, -0.2) is 0 Å². The molecule has 0 atom stereocenters. The Labute approximate surface area is 60.1 Å². The third-order valence-corrected chi connectivity index (χ3v) is 1.24. The summed E-state index contributed by atoms with van der Waals surface area (Å²) in [5.74, 6) is -0.337. The molecule has 0 aliphatic rings. The highest BCUT2D eigenvalue weighted by molar-refractivity contribution is 5.77. The van der Waals surface area contributed by atoms with Gasteiger partial charge >= 0.3 is 0 Å². The molecular weight excluding hydrogens is 134 g/mol. The highest BCUT2D eigenvalue weighted by Crippen LogP contribution is 1.86. The lowest BCUT2D eigenvalue weighted by Crippen LogP contribution is -2.35. The second-order valence-electron chi connectivity index (χ2n) is 1.86. The molecule has 0 fully saturated rings. The van der Waals surface area contributed by atoms with E-state index in [4.69, 9.17) is 10.2 Å². The molecule has 0 radical (unpaired) electrons. The molecule has 0 unspecified atom stereocenters. The SMILES string of the molecule is CCN(CCO)C(=O)CO. The van der Waals surface area contributed by atoms with Crippen LogP contribution in [0.4, 0.5) is 0 Å². The summed E-state index contributed by atoms with van der Waals surface area (Å²) in [6, 6.07) is 0. The van der Waals surface area contributed by atoms with Crippen molar-refractivity contribution in [3.63, 3.8) is 0 Å². The summed E-state index contributed by atoms with van der Waals surface area (Å²) in [4.78, 5) is 12.1. The van der Waals surface area contributed by atoms with Gasteiger partial charge in [0.1, 0.15) is 6.61 Å². The second-order valence-corrected chi connectivity index (χ2v) is 1.86. The zero-order valence-corrected chi connectivity index (χ0v) is 6.08. The lowest BCUT2D eigenvalue weighted by Gasteiger charge is -2.17. The van der Waals surface area contributed by atoms with Crippen molar-refractivity contribution >= 4 is 5.91 Å². The lowest BCUT2D eigenvalue weighted by molar-refractivity contribution is -0.134. The third kappa shape index (κ3) is 2.80. The molecule has 0 rings (SSSR count). The Balaban J connectivity index is 3.68. The van der Waals surface area contributed by atoms with Crippen LogP contribution in [-0.2, 0) is 4.79 Å². The van der Waals surface area contributed by atoms with Crippen LogP contribution in [0.15, 0.2) is 0 Å². The van der Waals surface area contributed by atoms with Crippen molar-refractivity contribution in [1.82, 2.24) is 4.90 Å². The molecule has 0 heterocycles. The number of rotatable bonds is 4. The summed E-state index contributed by atoms with van der Waals surface area (Å²) in [7, 11) is 0. The first kappa shape index (κ1) is 9.39.